The van der Waals surface area contributed by atoms with Crippen molar-refractivity contribution >= 4 is 11.8 Å². The zero-order valence-corrected chi connectivity index (χ0v) is 11.9. The molecule has 2 aliphatic rings. The number of aryl methyl sites for hydroxylation is 2. The SMILES string of the molecule is COC1CC(C(=O)O)N(c2nc3c(cc2C#N)CCC3)C1. The first-order valence-corrected chi connectivity index (χ1v) is 7.09. The average Bonchev–Trinajstić information content (AvgIpc) is 3.11. The van der Waals surface area contributed by atoms with Crippen LogP contribution in [0, 0.1) is 11.3 Å². The molecular weight excluding hydrogens is 270 g/mol. The molecule has 1 N–H and O–H groups in total. The molecule has 1 aromatic rings. The first-order valence-electron chi connectivity index (χ1n) is 7.09. The normalized spacial score (nSPS) is 23.9. The molecule has 0 radical (unpaired) electrons. The van der Waals surface area contributed by atoms with Gasteiger partial charge in [0.1, 0.15) is 17.9 Å². The van der Waals surface area contributed by atoms with Crippen LogP contribution in [0.4, 0.5) is 5.82 Å². The van der Waals surface area contributed by atoms with Crippen molar-refractivity contribution in [3.63, 3.8) is 0 Å². The number of carboxylic acids is 1. The molecule has 0 amide bonds. The lowest BCUT2D eigenvalue weighted by Gasteiger charge is -2.24. The zero-order valence-electron chi connectivity index (χ0n) is 11.9. The Morgan fingerprint density at radius 3 is 3.05 bits per heavy atom. The highest BCUT2D eigenvalue weighted by atomic mass is 16.5. The number of nitriles is 1. The predicted octanol–water partition coefficient (Wildman–Crippen LogP) is 1.12. The predicted molar refractivity (Wildman–Crippen MR) is 75.2 cm³/mol. The van der Waals surface area contributed by atoms with Crippen LogP contribution in [0.2, 0.25) is 0 Å². The second-order valence-corrected chi connectivity index (χ2v) is 5.53. The largest absolute Gasteiger partial charge is 0.480 e. The Hall–Kier alpha value is -2.13. The van der Waals surface area contributed by atoms with Gasteiger partial charge in [0.05, 0.1) is 11.7 Å². The van der Waals surface area contributed by atoms with Gasteiger partial charge in [-0.25, -0.2) is 9.78 Å². The fourth-order valence-corrected chi connectivity index (χ4v) is 3.20. The summed E-state index contributed by atoms with van der Waals surface area (Å²) in [4.78, 5) is 17.8. The fourth-order valence-electron chi connectivity index (χ4n) is 3.20. The number of carbonyl (C=O) groups is 1. The van der Waals surface area contributed by atoms with Crippen LogP contribution in [0.25, 0.3) is 0 Å². The summed E-state index contributed by atoms with van der Waals surface area (Å²) >= 11 is 0. The molecule has 110 valence electrons. The Morgan fingerprint density at radius 1 is 1.57 bits per heavy atom. The third kappa shape index (κ3) is 2.34. The summed E-state index contributed by atoms with van der Waals surface area (Å²) in [6.07, 6.45) is 3.15. The van der Waals surface area contributed by atoms with Crippen molar-refractivity contribution < 1.29 is 14.6 Å². The first kappa shape index (κ1) is 13.8. The number of ether oxygens (including phenoxy) is 1. The van der Waals surface area contributed by atoms with Crippen LogP contribution in [0.15, 0.2) is 6.07 Å². The van der Waals surface area contributed by atoms with Crippen LogP contribution in [-0.2, 0) is 22.4 Å². The van der Waals surface area contributed by atoms with Crippen LogP contribution in [0.1, 0.15) is 29.7 Å². The number of carboxylic acid groups (broad SMARTS) is 1. The summed E-state index contributed by atoms with van der Waals surface area (Å²) in [5.74, 6) is -0.411. The summed E-state index contributed by atoms with van der Waals surface area (Å²) in [6, 6.07) is 3.34. The minimum Gasteiger partial charge on any atom is -0.480 e. The number of aliphatic carboxylic acids is 1. The summed E-state index contributed by atoms with van der Waals surface area (Å²) in [6.45, 7) is 0.452. The molecule has 1 aliphatic carbocycles. The molecule has 3 rings (SSSR count). The Morgan fingerprint density at radius 2 is 2.38 bits per heavy atom. The van der Waals surface area contributed by atoms with Crippen molar-refractivity contribution in [1.82, 2.24) is 4.98 Å². The van der Waals surface area contributed by atoms with E-state index in [-0.39, 0.29) is 6.10 Å². The average molecular weight is 287 g/mol. The van der Waals surface area contributed by atoms with Crippen LogP contribution >= 0.6 is 0 Å². The van der Waals surface area contributed by atoms with E-state index in [0.717, 1.165) is 30.5 Å². The van der Waals surface area contributed by atoms with E-state index in [1.807, 2.05) is 6.07 Å². The Kier molecular flexibility index (Phi) is 3.52. The number of nitrogens with zero attached hydrogens (tertiary/aromatic N) is 3. The minimum absolute atomic E-state index is 0.146. The molecule has 1 fully saturated rings. The highest BCUT2D eigenvalue weighted by Gasteiger charge is 2.39. The molecule has 2 atom stereocenters. The number of hydrogen-bond donors (Lipinski definition) is 1. The van der Waals surface area contributed by atoms with Gasteiger partial charge in [-0.1, -0.05) is 0 Å². The molecule has 1 aromatic heterocycles. The van der Waals surface area contributed by atoms with E-state index < -0.39 is 12.0 Å². The lowest BCUT2D eigenvalue weighted by molar-refractivity contribution is -0.138. The molecular formula is C15H17N3O3. The number of fused-ring (bicyclic) bond motifs is 1. The van der Waals surface area contributed by atoms with E-state index in [4.69, 9.17) is 4.74 Å². The van der Waals surface area contributed by atoms with Gasteiger partial charge in [0.15, 0.2) is 0 Å². The molecule has 0 spiro atoms. The van der Waals surface area contributed by atoms with Gasteiger partial charge >= 0.3 is 5.97 Å². The van der Waals surface area contributed by atoms with Crippen molar-refractivity contribution in [3.8, 4) is 6.07 Å². The van der Waals surface area contributed by atoms with E-state index in [1.165, 1.54) is 0 Å². The van der Waals surface area contributed by atoms with Gasteiger partial charge in [0, 0.05) is 25.8 Å². The van der Waals surface area contributed by atoms with Crippen molar-refractivity contribution in [3.05, 3.63) is 22.9 Å². The minimum atomic E-state index is -0.902. The molecule has 2 unspecified atom stereocenters. The maximum absolute atomic E-state index is 11.5. The zero-order chi connectivity index (χ0) is 15.0. The van der Waals surface area contributed by atoms with Crippen LogP contribution in [0.3, 0.4) is 0 Å². The number of pyridine rings is 1. The van der Waals surface area contributed by atoms with Crippen molar-refractivity contribution in [2.75, 3.05) is 18.6 Å². The first-order chi connectivity index (χ1) is 10.1. The van der Waals surface area contributed by atoms with E-state index in [0.29, 0.717) is 24.3 Å². The molecule has 1 saturated heterocycles. The highest BCUT2D eigenvalue weighted by molar-refractivity contribution is 5.79. The third-order valence-electron chi connectivity index (χ3n) is 4.30. The Balaban J connectivity index is 2.02. The summed E-state index contributed by atoms with van der Waals surface area (Å²) in [5, 5.41) is 18.8. The van der Waals surface area contributed by atoms with Gasteiger partial charge in [-0.15, -0.1) is 0 Å². The van der Waals surface area contributed by atoms with Crippen LogP contribution < -0.4 is 4.90 Å². The van der Waals surface area contributed by atoms with Crippen LogP contribution in [-0.4, -0.2) is 41.9 Å². The molecule has 21 heavy (non-hydrogen) atoms. The Labute approximate surface area is 123 Å². The van der Waals surface area contributed by atoms with E-state index in [2.05, 4.69) is 11.1 Å². The molecule has 0 aromatic carbocycles. The number of anilines is 1. The Bertz CT molecular complexity index is 623. The van der Waals surface area contributed by atoms with E-state index in [1.54, 1.807) is 12.0 Å². The standard InChI is InChI=1S/C15H17N3O3/c1-21-11-6-13(15(19)20)18(8-11)14-10(7-16)5-9-3-2-4-12(9)17-14/h5,11,13H,2-4,6,8H2,1H3,(H,19,20). The highest BCUT2D eigenvalue weighted by Crippen LogP contribution is 2.32. The second kappa shape index (κ2) is 5.34. The third-order valence-corrected chi connectivity index (χ3v) is 4.30. The maximum Gasteiger partial charge on any atom is 0.326 e. The summed E-state index contributed by atoms with van der Waals surface area (Å²) in [5.41, 5.74) is 2.57. The second-order valence-electron chi connectivity index (χ2n) is 5.53. The number of aromatic nitrogens is 1. The molecule has 0 saturated carbocycles. The van der Waals surface area contributed by atoms with Crippen molar-refractivity contribution in [2.24, 2.45) is 0 Å². The summed E-state index contributed by atoms with van der Waals surface area (Å²) in [7, 11) is 1.58. The fraction of sp³-hybridized carbons (Fsp3) is 0.533. The molecule has 1 aliphatic heterocycles. The van der Waals surface area contributed by atoms with Gasteiger partial charge in [-0.2, -0.15) is 5.26 Å². The number of hydrogen-bond acceptors (Lipinski definition) is 5. The van der Waals surface area contributed by atoms with Gasteiger partial charge in [-0.05, 0) is 30.9 Å². The lowest BCUT2D eigenvalue weighted by Crippen LogP contribution is -2.37. The molecule has 6 heteroatoms. The van der Waals surface area contributed by atoms with E-state index >= 15 is 0 Å². The quantitative estimate of drug-likeness (QED) is 0.896. The number of methoxy groups -OCH3 is 1. The van der Waals surface area contributed by atoms with Crippen molar-refractivity contribution in [1.29, 1.82) is 5.26 Å². The molecule has 2 heterocycles. The molecule has 0 bridgehead atoms. The van der Waals surface area contributed by atoms with Gasteiger partial charge in [0.25, 0.3) is 0 Å². The maximum atomic E-state index is 11.5. The van der Waals surface area contributed by atoms with Gasteiger partial charge in [-0.3, -0.25) is 0 Å². The van der Waals surface area contributed by atoms with Gasteiger partial charge in [0.2, 0.25) is 0 Å². The van der Waals surface area contributed by atoms with E-state index in [9.17, 15) is 15.2 Å². The van der Waals surface area contributed by atoms with Gasteiger partial charge < -0.3 is 14.7 Å². The van der Waals surface area contributed by atoms with Crippen LogP contribution in [0.5, 0.6) is 0 Å². The molecule has 6 nitrogen and oxygen atoms in total. The van der Waals surface area contributed by atoms with Crippen molar-refractivity contribution in [2.45, 2.75) is 37.8 Å². The topological polar surface area (TPSA) is 86.5 Å². The lowest BCUT2D eigenvalue weighted by atomic mass is 10.1. The smallest absolute Gasteiger partial charge is 0.326 e. The number of rotatable bonds is 3. The summed E-state index contributed by atoms with van der Waals surface area (Å²) < 4.78 is 5.29. The monoisotopic (exact) mass is 287 g/mol.